The smallest absolute Gasteiger partial charge is 0.189 e. The average Bonchev–Trinajstić information content (AvgIpc) is 2.97. The molecule has 1 aliphatic heterocycles. The minimum absolute atomic E-state index is 0.0555. The number of Topliss-reactive ketones (excluding diaryl/α,β-unsaturated/α-hetero) is 1. The van der Waals surface area contributed by atoms with Crippen LogP contribution in [0.2, 0.25) is 0 Å². The number of para-hydroxylation sites is 1. The zero-order chi connectivity index (χ0) is 13.9. The predicted octanol–water partition coefficient (Wildman–Crippen LogP) is 3.19. The van der Waals surface area contributed by atoms with E-state index in [2.05, 4.69) is 10.2 Å². The van der Waals surface area contributed by atoms with Gasteiger partial charge in [-0.3, -0.25) is 4.79 Å². The maximum atomic E-state index is 12.5. The maximum absolute atomic E-state index is 12.5. The number of carbonyl (C=O) groups is 1. The largest absolute Gasteiger partial charge is 0.508 e. The van der Waals surface area contributed by atoms with Gasteiger partial charge in [0.25, 0.3) is 0 Å². The highest BCUT2D eigenvalue weighted by molar-refractivity contribution is 6.01. The molecule has 0 saturated carbocycles. The molecule has 2 aromatic rings. The number of hydrogen-bond donors (Lipinski definition) is 1. The van der Waals surface area contributed by atoms with Gasteiger partial charge < -0.3 is 5.11 Å². The highest BCUT2D eigenvalue weighted by Gasteiger charge is 2.35. The van der Waals surface area contributed by atoms with Crippen LogP contribution in [0.1, 0.15) is 21.8 Å². The highest BCUT2D eigenvalue weighted by atomic mass is 16.3. The fraction of sp³-hybridized carbons (Fsp3) is 0.188. The minimum Gasteiger partial charge on any atom is -0.508 e. The number of phenols is 1. The summed E-state index contributed by atoms with van der Waals surface area (Å²) in [6.07, 6.45) is 0. The summed E-state index contributed by atoms with van der Waals surface area (Å²) in [7, 11) is 0. The third-order valence-corrected chi connectivity index (χ3v) is 3.53. The Kier molecular flexibility index (Phi) is 3.29. The van der Waals surface area contributed by atoms with Gasteiger partial charge in [0.2, 0.25) is 0 Å². The van der Waals surface area contributed by atoms with E-state index in [1.807, 2.05) is 30.3 Å². The van der Waals surface area contributed by atoms with Crippen molar-refractivity contribution in [2.24, 2.45) is 10.2 Å². The monoisotopic (exact) mass is 266 g/mol. The molecule has 0 amide bonds. The van der Waals surface area contributed by atoms with Crippen molar-refractivity contribution in [2.45, 2.75) is 12.0 Å². The average molecular weight is 266 g/mol. The topological polar surface area (TPSA) is 62.0 Å². The molecule has 2 unspecified atom stereocenters. The standard InChI is InChI=1S/C16H14N2O2/c19-14-9-5-4-8-12(14)13-10-17-18-15(13)16(20)11-6-2-1-3-7-11/h1-9,13,15,19H,10H2. The van der Waals surface area contributed by atoms with Gasteiger partial charge in [-0.2, -0.15) is 10.2 Å². The van der Waals surface area contributed by atoms with E-state index >= 15 is 0 Å². The minimum atomic E-state index is -0.550. The van der Waals surface area contributed by atoms with E-state index in [9.17, 15) is 9.90 Å². The van der Waals surface area contributed by atoms with Crippen LogP contribution in [0.3, 0.4) is 0 Å². The Balaban J connectivity index is 1.92. The zero-order valence-electron chi connectivity index (χ0n) is 10.8. The van der Waals surface area contributed by atoms with Crippen LogP contribution in [-0.2, 0) is 0 Å². The van der Waals surface area contributed by atoms with Gasteiger partial charge in [-0.05, 0) is 6.07 Å². The van der Waals surface area contributed by atoms with Crippen LogP contribution < -0.4 is 0 Å². The lowest BCUT2D eigenvalue weighted by Gasteiger charge is -2.16. The van der Waals surface area contributed by atoms with Crippen molar-refractivity contribution >= 4 is 5.78 Å². The quantitative estimate of drug-likeness (QED) is 0.867. The molecular weight excluding hydrogens is 252 g/mol. The molecule has 0 radical (unpaired) electrons. The Morgan fingerprint density at radius 2 is 1.75 bits per heavy atom. The van der Waals surface area contributed by atoms with Gasteiger partial charge in [0, 0.05) is 17.0 Å². The molecule has 0 aromatic heterocycles. The van der Waals surface area contributed by atoms with Gasteiger partial charge in [-0.15, -0.1) is 0 Å². The van der Waals surface area contributed by atoms with E-state index in [0.717, 1.165) is 5.56 Å². The summed E-state index contributed by atoms with van der Waals surface area (Å²) in [6.45, 7) is 0.431. The van der Waals surface area contributed by atoms with Crippen molar-refractivity contribution in [1.29, 1.82) is 0 Å². The third kappa shape index (κ3) is 2.20. The number of nitrogens with zero attached hydrogens (tertiary/aromatic N) is 2. The molecule has 4 heteroatoms. The molecule has 0 bridgehead atoms. The third-order valence-electron chi connectivity index (χ3n) is 3.53. The van der Waals surface area contributed by atoms with E-state index in [4.69, 9.17) is 0 Å². The first-order chi connectivity index (χ1) is 9.77. The maximum Gasteiger partial charge on any atom is 0.189 e. The van der Waals surface area contributed by atoms with Crippen LogP contribution in [0.15, 0.2) is 64.8 Å². The molecular formula is C16H14N2O2. The lowest BCUT2D eigenvalue weighted by Crippen LogP contribution is -2.24. The number of aromatic hydroxyl groups is 1. The van der Waals surface area contributed by atoms with Crippen LogP contribution in [-0.4, -0.2) is 23.5 Å². The Labute approximate surface area is 116 Å². The Morgan fingerprint density at radius 3 is 2.50 bits per heavy atom. The van der Waals surface area contributed by atoms with Crippen molar-refractivity contribution in [3.63, 3.8) is 0 Å². The lowest BCUT2D eigenvalue weighted by atomic mass is 9.87. The van der Waals surface area contributed by atoms with Gasteiger partial charge in [0.1, 0.15) is 11.8 Å². The van der Waals surface area contributed by atoms with E-state index in [-0.39, 0.29) is 17.5 Å². The van der Waals surface area contributed by atoms with Crippen molar-refractivity contribution in [2.75, 3.05) is 6.54 Å². The van der Waals surface area contributed by atoms with Gasteiger partial charge >= 0.3 is 0 Å². The van der Waals surface area contributed by atoms with E-state index in [0.29, 0.717) is 12.1 Å². The summed E-state index contributed by atoms with van der Waals surface area (Å²) in [4.78, 5) is 12.5. The first-order valence-electron chi connectivity index (χ1n) is 6.51. The lowest BCUT2D eigenvalue weighted by molar-refractivity contribution is 0.0955. The molecule has 4 nitrogen and oxygen atoms in total. The number of phenolic OH excluding ortho intramolecular Hbond substituents is 1. The first-order valence-corrected chi connectivity index (χ1v) is 6.51. The molecule has 0 fully saturated rings. The summed E-state index contributed by atoms with van der Waals surface area (Å²) in [5, 5.41) is 18.0. The van der Waals surface area contributed by atoms with Gasteiger partial charge in [-0.1, -0.05) is 48.5 Å². The molecule has 0 saturated heterocycles. The summed E-state index contributed by atoms with van der Waals surface area (Å²) < 4.78 is 0. The molecule has 0 aliphatic carbocycles. The van der Waals surface area contributed by atoms with Crippen LogP contribution in [0, 0.1) is 0 Å². The molecule has 3 rings (SSSR count). The van der Waals surface area contributed by atoms with Gasteiger partial charge in [0.15, 0.2) is 5.78 Å². The first kappa shape index (κ1) is 12.5. The Morgan fingerprint density at radius 1 is 1.05 bits per heavy atom. The molecule has 20 heavy (non-hydrogen) atoms. The van der Waals surface area contributed by atoms with Crippen LogP contribution in [0.25, 0.3) is 0 Å². The highest BCUT2D eigenvalue weighted by Crippen LogP contribution is 2.34. The van der Waals surface area contributed by atoms with Crippen LogP contribution in [0.4, 0.5) is 0 Å². The Bertz CT molecular complexity index is 653. The van der Waals surface area contributed by atoms with Crippen LogP contribution >= 0.6 is 0 Å². The molecule has 1 heterocycles. The number of ketones is 1. The van der Waals surface area contributed by atoms with E-state index in [1.165, 1.54) is 0 Å². The molecule has 1 aliphatic rings. The SMILES string of the molecule is O=C(c1ccccc1)C1N=NCC1c1ccccc1O. The van der Waals surface area contributed by atoms with Crippen molar-refractivity contribution in [1.82, 2.24) is 0 Å². The normalized spacial score (nSPS) is 21.0. The number of rotatable bonds is 3. The molecule has 0 spiro atoms. The van der Waals surface area contributed by atoms with Crippen molar-refractivity contribution < 1.29 is 9.90 Å². The summed E-state index contributed by atoms with van der Waals surface area (Å²) in [5.41, 5.74) is 1.35. The van der Waals surface area contributed by atoms with E-state index < -0.39 is 6.04 Å². The fourth-order valence-electron chi connectivity index (χ4n) is 2.48. The Hall–Kier alpha value is -2.49. The van der Waals surface area contributed by atoms with Crippen LogP contribution in [0.5, 0.6) is 5.75 Å². The van der Waals surface area contributed by atoms with Crippen molar-refractivity contribution in [3.05, 3.63) is 65.7 Å². The van der Waals surface area contributed by atoms with Gasteiger partial charge in [-0.25, -0.2) is 0 Å². The molecule has 100 valence electrons. The molecule has 2 aromatic carbocycles. The predicted molar refractivity (Wildman–Crippen MR) is 75.1 cm³/mol. The number of hydrogen-bond acceptors (Lipinski definition) is 4. The second-order valence-electron chi connectivity index (χ2n) is 4.78. The summed E-state index contributed by atoms with van der Waals surface area (Å²) in [5.74, 6) is -0.0559. The fourth-order valence-corrected chi connectivity index (χ4v) is 2.48. The van der Waals surface area contributed by atoms with Gasteiger partial charge in [0.05, 0.1) is 6.54 Å². The summed E-state index contributed by atoms with van der Waals surface area (Å²) >= 11 is 0. The molecule has 1 N–H and O–H groups in total. The zero-order valence-corrected chi connectivity index (χ0v) is 10.8. The summed E-state index contributed by atoms with van der Waals surface area (Å²) in [6, 6.07) is 15.6. The second-order valence-corrected chi connectivity index (χ2v) is 4.78. The van der Waals surface area contributed by atoms with Crippen molar-refractivity contribution in [3.8, 4) is 5.75 Å². The number of carbonyl (C=O) groups excluding carboxylic acids is 1. The molecule has 2 atom stereocenters. The second kappa shape index (κ2) is 5.25. The number of benzene rings is 2. The van der Waals surface area contributed by atoms with E-state index in [1.54, 1.807) is 24.3 Å². The number of azo groups is 1.